The van der Waals surface area contributed by atoms with Crippen LogP contribution < -0.4 is 20.1 Å². The molecule has 0 atom stereocenters. The third-order valence-corrected chi connectivity index (χ3v) is 3.83. The number of methoxy groups -OCH3 is 2. The van der Waals surface area contributed by atoms with Gasteiger partial charge in [0.05, 0.1) is 19.9 Å². The fourth-order valence-electron chi connectivity index (χ4n) is 2.39. The monoisotopic (exact) mass is 388 g/mol. The van der Waals surface area contributed by atoms with Gasteiger partial charge in [-0.25, -0.2) is 0 Å². The van der Waals surface area contributed by atoms with E-state index in [0.717, 1.165) is 0 Å². The van der Waals surface area contributed by atoms with Crippen LogP contribution in [0.5, 0.6) is 11.5 Å². The van der Waals surface area contributed by atoms with Gasteiger partial charge in [0.1, 0.15) is 22.9 Å². The van der Waals surface area contributed by atoms with E-state index in [1.807, 2.05) is 0 Å². The first kappa shape index (κ1) is 18.5. The third-order valence-electron chi connectivity index (χ3n) is 3.65. The molecular formula is C18H17ClN4O4. The number of para-hydroxylation sites is 1. The number of nitrogens with one attached hydrogen (secondary N) is 2. The fourth-order valence-corrected chi connectivity index (χ4v) is 2.54. The Balaban J connectivity index is 1.95. The number of aromatic nitrogens is 2. The number of carbonyl (C=O) groups is 1. The van der Waals surface area contributed by atoms with Crippen molar-refractivity contribution in [3.8, 4) is 11.5 Å². The van der Waals surface area contributed by atoms with Crippen LogP contribution in [-0.4, -0.2) is 30.3 Å². The number of anilines is 3. The number of nitrogens with zero attached hydrogens (tertiary/aromatic N) is 2. The molecule has 0 fully saturated rings. The maximum absolute atomic E-state index is 12.4. The van der Waals surface area contributed by atoms with Gasteiger partial charge in [-0.3, -0.25) is 4.79 Å². The summed E-state index contributed by atoms with van der Waals surface area (Å²) in [5, 5.41) is 13.7. The van der Waals surface area contributed by atoms with Crippen LogP contribution in [-0.2, 0) is 0 Å². The molecule has 27 heavy (non-hydrogen) atoms. The number of halogens is 1. The summed E-state index contributed by atoms with van der Waals surface area (Å²) in [6.07, 6.45) is 0. The Morgan fingerprint density at radius 1 is 1.11 bits per heavy atom. The van der Waals surface area contributed by atoms with E-state index in [4.69, 9.17) is 25.5 Å². The second kappa shape index (κ2) is 7.96. The fraction of sp³-hybridized carbons (Fsp3) is 0.167. The third kappa shape index (κ3) is 4.12. The molecule has 3 rings (SSSR count). The lowest BCUT2D eigenvalue weighted by atomic mass is 10.2. The lowest BCUT2D eigenvalue weighted by Crippen LogP contribution is -2.14. The number of furan rings is 1. The molecule has 2 N–H and O–H groups in total. The SMILES string of the molecule is COc1cccc(OC)c1Nc1cc(Cl)nnc1NC(=O)c1ccc(C)o1. The summed E-state index contributed by atoms with van der Waals surface area (Å²) < 4.78 is 16.1. The topological polar surface area (TPSA) is 98.5 Å². The van der Waals surface area contributed by atoms with Crippen molar-refractivity contribution in [1.82, 2.24) is 10.2 Å². The maximum atomic E-state index is 12.4. The normalized spacial score (nSPS) is 10.4. The van der Waals surface area contributed by atoms with Gasteiger partial charge in [0.15, 0.2) is 16.7 Å². The average Bonchev–Trinajstić information content (AvgIpc) is 3.10. The second-order valence-electron chi connectivity index (χ2n) is 5.46. The molecule has 2 aromatic heterocycles. The Hall–Kier alpha value is -3.26. The van der Waals surface area contributed by atoms with Crippen LogP contribution in [0.1, 0.15) is 16.3 Å². The second-order valence-corrected chi connectivity index (χ2v) is 5.84. The van der Waals surface area contributed by atoms with Gasteiger partial charge in [-0.05, 0) is 31.2 Å². The van der Waals surface area contributed by atoms with Crippen LogP contribution in [0.2, 0.25) is 5.15 Å². The molecule has 0 aliphatic rings. The summed E-state index contributed by atoms with van der Waals surface area (Å²) in [4.78, 5) is 12.4. The predicted octanol–water partition coefficient (Wildman–Crippen LogP) is 4.04. The number of benzene rings is 1. The van der Waals surface area contributed by atoms with E-state index >= 15 is 0 Å². The lowest BCUT2D eigenvalue weighted by molar-refractivity contribution is 0.0995. The zero-order valence-electron chi connectivity index (χ0n) is 14.9. The first-order valence-electron chi connectivity index (χ1n) is 7.91. The van der Waals surface area contributed by atoms with Crippen LogP contribution >= 0.6 is 11.6 Å². The molecule has 9 heteroatoms. The molecule has 0 saturated heterocycles. The van der Waals surface area contributed by atoms with Crippen LogP contribution in [0.4, 0.5) is 17.2 Å². The van der Waals surface area contributed by atoms with E-state index < -0.39 is 5.91 Å². The number of ether oxygens (including phenoxy) is 2. The molecule has 0 spiro atoms. The van der Waals surface area contributed by atoms with Crippen molar-refractivity contribution in [3.63, 3.8) is 0 Å². The molecule has 140 valence electrons. The molecule has 1 amide bonds. The summed E-state index contributed by atoms with van der Waals surface area (Å²) in [5.41, 5.74) is 0.963. The Labute approximate surface area is 160 Å². The molecule has 0 aliphatic heterocycles. The van der Waals surface area contributed by atoms with Gasteiger partial charge in [0.25, 0.3) is 5.91 Å². The molecule has 0 unspecified atom stereocenters. The molecule has 0 aliphatic carbocycles. The Kier molecular flexibility index (Phi) is 5.46. The highest BCUT2D eigenvalue weighted by molar-refractivity contribution is 6.29. The standard InChI is InChI=1S/C18H17ClN4O4/c1-10-7-8-14(27-10)18(24)21-17-11(9-15(19)22-23-17)20-16-12(25-2)5-4-6-13(16)26-3/h4-9H,1-3H3,(H,20,22)(H,21,23,24). The minimum Gasteiger partial charge on any atom is -0.494 e. The van der Waals surface area contributed by atoms with E-state index in [9.17, 15) is 4.79 Å². The van der Waals surface area contributed by atoms with Crippen molar-refractivity contribution in [2.45, 2.75) is 6.92 Å². The van der Waals surface area contributed by atoms with E-state index in [-0.39, 0.29) is 16.7 Å². The summed E-state index contributed by atoms with van der Waals surface area (Å²) >= 11 is 5.98. The van der Waals surface area contributed by atoms with Gasteiger partial charge >= 0.3 is 0 Å². The van der Waals surface area contributed by atoms with E-state index in [1.165, 1.54) is 6.07 Å². The highest BCUT2D eigenvalue weighted by Gasteiger charge is 2.17. The highest BCUT2D eigenvalue weighted by atomic mass is 35.5. The van der Waals surface area contributed by atoms with Crippen molar-refractivity contribution in [2.75, 3.05) is 24.9 Å². The van der Waals surface area contributed by atoms with Crippen molar-refractivity contribution >= 4 is 34.7 Å². The minimum absolute atomic E-state index is 0.151. The summed E-state index contributed by atoms with van der Waals surface area (Å²) in [6, 6.07) is 10.1. The van der Waals surface area contributed by atoms with Crippen molar-refractivity contribution in [3.05, 3.63) is 53.1 Å². The molecular weight excluding hydrogens is 372 g/mol. The predicted molar refractivity (Wildman–Crippen MR) is 101 cm³/mol. The Morgan fingerprint density at radius 2 is 1.81 bits per heavy atom. The number of rotatable bonds is 6. The van der Waals surface area contributed by atoms with Crippen LogP contribution in [0.15, 0.2) is 40.8 Å². The van der Waals surface area contributed by atoms with Gasteiger partial charge in [0, 0.05) is 6.07 Å². The summed E-state index contributed by atoms with van der Waals surface area (Å²) in [5.74, 6) is 1.58. The molecule has 8 nitrogen and oxygen atoms in total. The average molecular weight is 389 g/mol. The highest BCUT2D eigenvalue weighted by Crippen LogP contribution is 2.38. The first-order valence-corrected chi connectivity index (χ1v) is 8.28. The maximum Gasteiger partial charge on any atom is 0.292 e. The van der Waals surface area contributed by atoms with Crippen molar-refractivity contribution in [2.24, 2.45) is 0 Å². The van der Waals surface area contributed by atoms with E-state index in [1.54, 1.807) is 51.5 Å². The molecule has 0 saturated carbocycles. The van der Waals surface area contributed by atoms with Crippen LogP contribution in [0, 0.1) is 6.92 Å². The van der Waals surface area contributed by atoms with E-state index in [0.29, 0.717) is 28.6 Å². The quantitative estimate of drug-likeness (QED) is 0.657. The number of hydrogen-bond acceptors (Lipinski definition) is 7. The minimum atomic E-state index is -0.463. The van der Waals surface area contributed by atoms with Gasteiger partial charge in [-0.15, -0.1) is 10.2 Å². The first-order chi connectivity index (χ1) is 13.0. The Bertz CT molecular complexity index is 951. The van der Waals surface area contributed by atoms with Gasteiger partial charge in [-0.2, -0.15) is 0 Å². The number of aryl methyl sites for hydroxylation is 1. The van der Waals surface area contributed by atoms with Gasteiger partial charge in [0.2, 0.25) is 0 Å². The lowest BCUT2D eigenvalue weighted by Gasteiger charge is -2.16. The van der Waals surface area contributed by atoms with Gasteiger partial charge < -0.3 is 24.5 Å². The molecule has 1 aromatic carbocycles. The molecule has 3 aromatic rings. The smallest absolute Gasteiger partial charge is 0.292 e. The number of carbonyl (C=O) groups excluding carboxylic acids is 1. The molecule has 0 radical (unpaired) electrons. The summed E-state index contributed by atoms with van der Waals surface area (Å²) in [7, 11) is 3.08. The van der Waals surface area contributed by atoms with E-state index in [2.05, 4.69) is 20.8 Å². The number of amides is 1. The number of hydrogen-bond donors (Lipinski definition) is 2. The van der Waals surface area contributed by atoms with Crippen molar-refractivity contribution in [1.29, 1.82) is 0 Å². The Morgan fingerprint density at radius 3 is 2.41 bits per heavy atom. The molecule has 2 heterocycles. The van der Waals surface area contributed by atoms with Gasteiger partial charge in [-0.1, -0.05) is 17.7 Å². The van der Waals surface area contributed by atoms with Crippen LogP contribution in [0.25, 0.3) is 0 Å². The molecule has 0 bridgehead atoms. The largest absolute Gasteiger partial charge is 0.494 e. The van der Waals surface area contributed by atoms with Crippen LogP contribution in [0.3, 0.4) is 0 Å². The zero-order chi connectivity index (χ0) is 19.4. The summed E-state index contributed by atoms with van der Waals surface area (Å²) in [6.45, 7) is 1.75. The van der Waals surface area contributed by atoms with Crippen molar-refractivity contribution < 1.29 is 18.7 Å². The zero-order valence-corrected chi connectivity index (χ0v) is 15.6.